The number of anilines is 1. The lowest BCUT2D eigenvalue weighted by Crippen LogP contribution is -2.35. The number of aryl methyl sites for hydroxylation is 1. The fourth-order valence-corrected chi connectivity index (χ4v) is 4.65. The Hall–Kier alpha value is -3.86. The predicted octanol–water partition coefficient (Wildman–Crippen LogP) is 4.26. The first kappa shape index (κ1) is 27.2. The number of amides is 2. The molecule has 1 aliphatic heterocycles. The predicted molar refractivity (Wildman–Crippen MR) is 140 cm³/mol. The molecule has 1 aliphatic rings. The molecule has 1 unspecified atom stereocenters. The summed E-state index contributed by atoms with van der Waals surface area (Å²) in [5.41, 5.74) is 2.68. The summed E-state index contributed by atoms with van der Waals surface area (Å²) >= 11 is 0. The van der Waals surface area contributed by atoms with E-state index in [1.807, 2.05) is 59.7 Å². The second-order valence-electron chi connectivity index (χ2n) is 9.56. The summed E-state index contributed by atoms with van der Waals surface area (Å²) in [6.07, 6.45) is 7.29. The number of pyridine rings is 1. The Morgan fingerprint density at radius 1 is 1.26 bits per heavy atom. The number of likely N-dealkylation sites (tertiary alicyclic amines) is 1. The summed E-state index contributed by atoms with van der Waals surface area (Å²) in [6, 6.07) is 8.20. The average Bonchev–Trinajstić information content (AvgIpc) is 3.05. The van der Waals surface area contributed by atoms with Crippen LogP contribution >= 0.6 is 0 Å². The third-order valence-electron chi connectivity index (χ3n) is 6.40. The van der Waals surface area contributed by atoms with Crippen molar-refractivity contribution in [2.24, 2.45) is 0 Å². The smallest absolute Gasteiger partial charge is 0.388 e. The van der Waals surface area contributed by atoms with E-state index in [9.17, 15) is 18.4 Å². The van der Waals surface area contributed by atoms with Crippen molar-refractivity contribution in [1.82, 2.24) is 24.3 Å². The molecule has 3 aromatic rings. The lowest BCUT2D eigenvalue weighted by molar-refractivity contribution is -0.126. The number of nitrogens with zero attached hydrogens (tertiary/aromatic N) is 5. The highest BCUT2D eigenvalue weighted by Crippen LogP contribution is 2.32. The number of para-hydroxylation sites is 1. The molecule has 3 heterocycles. The Morgan fingerprint density at radius 3 is 2.84 bits per heavy atom. The molecule has 0 saturated carbocycles. The highest BCUT2D eigenvalue weighted by molar-refractivity contribution is 6.04. The number of likely N-dealkylation sites (N-methyl/N-ethyl adjacent to an activating group) is 1. The molecule has 4 rings (SSSR count). The maximum Gasteiger partial charge on any atom is 0.388 e. The van der Waals surface area contributed by atoms with Gasteiger partial charge in [0.25, 0.3) is 5.91 Å². The van der Waals surface area contributed by atoms with Gasteiger partial charge in [0.2, 0.25) is 17.7 Å². The molecule has 1 saturated heterocycles. The molecule has 0 radical (unpaired) electrons. The summed E-state index contributed by atoms with van der Waals surface area (Å²) in [5.74, 6) is -0.602. The SMILES string of the molecule is Cc1cccc2nc(NC(=O)c3ccnc(OC(F)F)c3)n(C3CCCCN(C(=O)/C=C/CN(C)C)C3)c12. The summed E-state index contributed by atoms with van der Waals surface area (Å²) in [4.78, 5) is 38.4. The van der Waals surface area contributed by atoms with Crippen molar-refractivity contribution < 1.29 is 23.1 Å². The molecule has 1 N–H and O–H groups in total. The second-order valence-corrected chi connectivity index (χ2v) is 9.56. The lowest BCUT2D eigenvalue weighted by atomic mass is 10.1. The van der Waals surface area contributed by atoms with E-state index in [-0.39, 0.29) is 23.4 Å². The van der Waals surface area contributed by atoms with E-state index in [1.165, 1.54) is 12.3 Å². The Balaban J connectivity index is 1.65. The van der Waals surface area contributed by atoms with Crippen molar-refractivity contribution in [1.29, 1.82) is 0 Å². The lowest BCUT2D eigenvalue weighted by Gasteiger charge is -2.26. The minimum atomic E-state index is -3.05. The van der Waals surface area contributed by atoms with Crippen molar-refractivity contribution >= 4 is 28.8 Å². The number of rotatable bonds is 8. The maximum atomic E-state index is 13.1. The van der Waals surface area contributed by atoms with Crippen LogP contribution in [0.5, 0.6) is 5.88 Å². The Bertz CT molecular complexity index is 1320. The topological polar surface area (TPSA) is 92.6 Å². The summed E-state index contributed by atoms with van der Waals surface area (Å²) in [6.45, 7) is 0.719. The van der Waals surface area contributed by atoms with Crippen LogP contribution < -0.4 is 10.1 Å². The Morgan fingerprint density at radius 2 is 2.08 bits per heavy atom. The fourth-order valence-electron chi connectivity index (χ4n) is 4.65. The van der Waals surface area contributed by atoms with Crippen LogP contribution in [0.1, 0.15) is 41.2 Å². The molecule has 38 heavy (non-hydrogen) atoms. The van der Waals surface area contributed by atoms with Gasteiger partial charge < -0.3 is 19.1 Å². The minimum Gasteiger partial charge on any atom is -0.417 e. The number of carbonyl (C=O) groups is 2. The van der Waals surface area contributed by atoms with E-state index < -0.39 is 12.5 Å². The number of halogens is 2. The molecule has 1 atom stereocenters. The van der Waals surface area contributed by atoms with Gasteiger partial charge in [-0.05, 0) is 58.0 Å². The van der Waals surface area contributed by atoms with E-state index in [1.54, 1.807) is 6.08 Å². The molecule has 0 aliphatic carbocycles. The molecule has 9 nitrogen and oxygen atoms in total. The Kier molecular flexibility index (Phi) is 8.67. The van der Waals surface area contributed by atoms with Crippen LogP contribution in [0.15, 0.2) is 48.7 Å². The molecule has 2 aromatic heterocycles. The summed E-state index contributed by atoms with van der Waals surface area (Å²) in [5, 5.41) is 2.85. The molecule has 1 aromatic carbocycles. The van der Waals surface area contributed by atoms with Gasteiger partial charge in [0, 0.05) is 43.5 Å². The van der Waals surface area contributed by atoms with E-state index in [0.29, 0.717) is 31.1 Å². The van der Waals surface area contributed by atoms with Crippen molar-refractivity contribution in [3.05, 3.63) is 59.8 Å². The maximum absolute atomic E-state index is 13.1. The third kappa shape index (κ3) is 6.52. The molecule has 0 spiro atoms. The minimum absolute atomic E-state index is 0.0474. The normalized spacial score (nSPS) is 16.4. The Labute approximate surface area is 220 Å². The molecule has 2 amide bonds. The highest BCUT2D eigenvalue weighted by Gasteiger charge is 2.27. The van der Waals surface area contributed by atoms with Gasteiger partial charge in [-0.3, -0.25) is 14.9 Å². The number of alkyl halides is 2. The molecule has 0 bridgehead atoms. The van der Waals surface area contributed by atoms with Crippen LogP contribution in [0, 0.1) is 6.92 Å². The third-order valence-corrected chi connectivity index (χ3v) is 6.40. The monoisotopic (exact) mass is 526 g/mol. The number of fused-ring (bicyclic) bond motifs is 1. The van der Waals surface area contributed by atoms with Gasteiger partial charge in [-0.25, -0.2) is 9.97 Å². The largest absolute Gasteiger partial charge is 0.417 e. The van der Waals surface area contributed by atoms with Crippen LogP contribution in [0.4, 0.5) is 14.7 Å². The van der Waals surface area contributed by atoms with Crippen LogP contribution in [0.2, 0.25) is 0 Å². The van der Waals surface area contributed by atoms with Crippen LogP contribution in [-0.2, 0) is 4.79 Å². The van der Waals surface area contributed by atoms with Gasteiger partial charge in [-0.2, -0.15) is 8.78 Å². The number of hydrogen-bond acceptors (Lipinski definition) is 6. The fraction of sp³-hybridized carbons (Fsp3) is 0.407. The average molecular weight is 527 g/mol. The number of benzene rings is 1. The van der Waals surface area contributed by atoms with Crippen molar-refractivity contribution in [2.45, 2.75) is 38.8 Å². The molecular formula is C27H32F2N6O3. The highest BCUT2D eigenvalue weighted by atomic mass is 19.3. The first-order valence-electron chi connectivity index (χ1n) is 12.5. The van der Waals surface area contributed by atoms with Crippen LogP contribution in [0.3, 0.4) is 0 Å². The van der Waals surface area contributed by atoms with E-state index in [2.05, 4.69) is 15.0 Å². The number of ether oxygens (including phenoxy) is 1. The number of imidazole rings is 1. The van der Waals surface area contributed by atoms with Gasteiger partial charge in [0.05, 0.1) is 17.1 Å². The zero-order valence-corrected chi connectivity index (χ0v) is 21.7. The number of aromatic nitrogens is 3. The molecular weight excluding hydrogens is 494 g/mol. The van der Waals surface area contributed by atoms with Crippen LogP contribution in [-0.4, -0.2) is 76.5 Å². The van der Waals surface area contributed by atoms with Gasteiger partial charge in [0.15, 0.2) is 0 Å². The van der Waals surface area contributed by atoms with Crippen molar-refractivity contribution in [3.63, 3.8) is 0 Å². The number of nitrogens with one attached hydrogen (secondary N) is 1. The zero-order chi connectivity index (χ0) is 27.2. The quantitative estimate of drug-likeness (QED) is 0.441. The van der Waals surface area contributed by atoms with E-state index in [0.717, 1.165) is 36.4 Å². The molecule has 11 heteroatoms. The zero-order valence-electron chi connectivity index (χ0n) is 21.7. The second kappa shape index (κ2) is 12.1. The van der Waals surface area contributed by atoms with E-state index in [4.69, 9.17) is 4.98 Å². The van der Waals surface area contributed by atoms with E-state index >= 15 is 0 Å². The van der Waals surface area contributed by atoms with Gasteiger partial charge in [-0.1, -0.05) is 18.2 Å². The first-order chi connectivity index (χ1) is 18.2. The van der Waals surface area contributed by atoms with Crippen molar-refractivity contribution in [2.75, 3.05) is 39.0 Å². The van der Waals surface area contributed by atoms with Gasteiger partial charge in [-0.15, -0.1) is 0 Å². The van der Waals surface area contributed by atoms with Gasteiger partial charge >= 0.3 is 6.61 Å². The summed E-state index contributed by atoms with van der Waals surface area (Å²) in [7, 11) is 3.88. The standard InChI is InChI=1S/C27H32F2N6O3/c1-18-8-6-10-21-24(18)35(20-9-4-5-15-34(17-20)23(36)11-7-14-33(2)3)27(31-21)32-25(37)19-12-13-30-22(16-19)38-26(28)29/h6-8,10-13,16,20,26H,4-5,9,14-15,17H2,1-3H3,(H,31,32,37)/b11-7+. The first-order valence-corrected chi connectivity index (χ1v) is 12.5. The summed E-state index contributed by atoms with van der Waals surface area (Å²) < 4.78 is 31.6. The van der Waals surface area contributed by atoms with Crippen LogP contribution in [0.25, 0.3) is 11.0 Å². The van der Waals surface area contributed by atoms with Crippen molar-refractivity contribution in [3.8, 4) is 5.88 Å². The molecule has 202 valence electrons. The number of hydrogen-bond donors (Lipinski definition) is 1. The number of carbonyl (C=O) groups excluding carboxylic acids is 2. The van der Waals surface area contributed by atoms with Gasteiger partial charge in [0.1, 0.15) is 0 Å². The molecule has 1 fully saturated rings.